The fraction of sp³-hybridized carbons (Fsp3) is 0.333. The Morgan fingerprint density at radius 2 is 1.93 bits per heavy atom. The molecule has 2 heterocycles. The summed E-state index contributed by atoms with van der Waals surface area (Å²) in [4.78, 5) is 23.9. The van der Waals surface area contributed by atoms with Crippen molar-refractivity contribution in [2.24, 2.45) is 0 Å². The van der Waals surface area contributed by atoms with E-state index in [0.717, 1.165) is 25.3 Å². The van der Waals surface area contributed by atoms with Crippen molar-refractivity contribution in [3.8, 4) is 0 Å². The first-order chi connectivity index (χ1) is 14.3. The molecule has 0 bridgehead atoms. The van der Waals surface area contributed by atoms with E-state index >= 15 is 0 Å². The van der Waals surface area contributed by atoms with Crippen molar-refractivity contribution in [3.05, 3.63) is 54.0 Å². The molecule has 0 aliphatic carbocycles. The highest BCUT2D eigenvalue weighted by Gasteiger charge is 2.26. The lowest BCUT2D eigenvalue weighted by atomic mass is 10.2. The largest absolute Gasteiger partial charge is 0.462 e. The van der Waals surface area contributed by atoms with Crippen molar-refractivity contribution in [3.63, 3.8) is 0 Å². The number of amides is 1. The number of esters is 1. The van der Waals surface area contributed by atoms with Gasteiger partial charge in [0.15, 0.2) is 6.61 Å². The maximum atomic E-state index is 12.8. The Kier molecular flexibility index (Phi) is 7.07. The number of nitrogens with one attached hydrogen (secondary N) is 1. The second kappa shape index (κ2) is 9.73. The highest BCUT2D eigenvalue weighted by Crippen LogP contribution is 2.22. The van der Waals surface area contributed by atoms with Crippen LogP contribution < -0.4 is 5.32 Å². The van der Waals surface area contributed by atoms with Gasteiger partial charge in [-0.1, -0.05) is 12.5 Å². The number of benzene rings is 1. The Bertz CT molecular complexity index is 1040. The molecule has 1 N–H and O–H groups in total. The van der Waals surface area contributed by atoms with Gasteiger partial charge < -0.3 is 14.5 Å². The van der Waals surface area contributed by atoms with Gasteiger partial charge in [-0.25, -0.2) is 13.2 Å². The lowest BCUT2D eigenvalue weighted by Gasteiger charge is -2.26. The Balaban J connectivity index is 1.54. The van der Waals surface area contributed by atoms with Crippen LogP contribution in [-0.2, 0) is 24.3 Å². The molecule has 0 atom stereocenters. The zero-order valence-corrected chi connectivity index (χ0v) is 17.5. The molecule has 0 radical (unpaired) electrons. The first-order valence-electron chi connectivity index (χ1n) is 9.66. The van der Waals surface area contributed by atoms with Gasteiger partial charge in [-0.3, -0.25) is 4.79 Å². The number of ether oxygens (including phenoxy) is 1. The minimum absolute atomic E-state index is 0.121. The van der Waals surface area contributed by atoms with E-state index in [1.807, 2.05) is 0 Å². The zero-order valence-electron chi connectivity index (χ0n) is 16.7. The van der Waals surface area contributed by atoms with Crippen LogP contribution in [0.5, 0.6) is 0 Å². The van der Waals surface area contributed by atoms with Crippen molar-refractivity contribution in [2.45, 2.75) is 31.1 Å². The van der Waals surface area contributed by atoms with Gasteiger partial charge in [0.05, 0.1) is 4.90 Å². The number of hydrogen-bond donors (Lipinski definition) is 1. The summed E-state index contributed by atoms with van der Waals surface area (Å²) in [6.45, 7) is 2.29. The minimum Gasteiger partial charge on any atom is -0.462 e. The van der Waals surface area contributed by atoms with E-state index in [0.29, 0.717) is 30.3 Å². The summed E-state index contributed by atoms with van der Waals surface area (Å²) in [6.07, 6.45) is 5.32. The molecule has 30 heavy (non-hydrogen) atoms. The van der Waals surface area contributed by atoms with Gasteiger partial charge in [-0.05, 0) is 56.2 Å². The molecule has 1 aliphatic rings. The van der Waals surface area contributed by atoms with E-state index < -0.39 is 28.5 Å². The van der Waals surface area contributed by atoms with Crippen LogP contribution in [0.1, 0.15) is 30.8 Å². The lowest BCUT2D eigenvalue weighted by molar-refractivity contribution is -0.142. The third kappa shape index (κ3) is 5.80. The van der Waals surface area contributed by atoms with Gasteiger partial charge in [0.1, 0.15) is 11.5 Å². The minimum atomic E-state index is -3.60. The molecule has 1 fully saturated rings. The van der Waals surface area contributed by atoms with Gasteiger partial charge in [-0.2, -0.15) is 4.31 Å². The molecule has 160 valence electrons. The molecule has 0 spiro atoms. The number of carbonyl (C=O) groups is 2. The average molecular weight is 432 g/mol. The number of sulfonamides is 1. The van der Waals surface area contributed by atoms with E-state index in [9.17, 15) is 18.0 Å². The lowest BCUT2D eigenvalue weighted by Crippen LogP contribution is -2.35. The van der Waals surface area contributed by atoms with E-state index in [1.54, 1.807) is 31.2 Å². The van der Waals surface area contributed by atoms with Crippen molar-refractivity contribution >= 4 is 33.7 Å². The Hall–Kier alpha value is -2.91. The van der Waals surface area contributed by atoms with Gasteiger partial charge in [0.2, 0.25) is 10.0 Å². The molecule has 1 aliphatic heterocycles. The number of piperidine rings is 1. The second-order valence-electron chi connectivity index (χ2n) is 6.93. The fourth-order valence-corrected chi connectivity index (χ4v) is 4.63. The van der Waals surface area contributed by atoms with Crippen LogP contribution in [0, 0.1) is 6.92 Å². The highest BCUT2D eigenvalue weighted by molar-refractivity contribution is 7.89. The van der Waals surface area contributed by atoms with Crippen LogP contribution in [0.25, 0.3) is 6.08 Å². The van der Waals surface area contributed by atoms with Gasteiger partial charge >= 0.3 is 5.97 Å². The van der Waals surface area contributed by atoms with E-state index in [-0.39, 0.29) is 4.90 Å². The monoisotopic (exact) mass is 432 g/mol. The first kappa shape index (κ1) is 21.8. The smallest absolute Gasteiger partial charge is 0.331 e. The summed E-state index contributed by atoms with van der Waals surface area (Å²) in [5.74, 6) is -0.0497. The molecule has 8 nitrogen and oxygen atoms in total. The summed E-state index contributed by atoms with van der Waals surface area (Å²) >= 11 is 0. The maximum Gasteiger partial charge on any atom is 0.331 e. The van der Waals surface area contributed by atoms with Crippen LogP contribution in [-0.4, -0.2) is 44.3 Å². The van der Waals surface area contributed by atoms with Gasteiger partial charge in [0, 0.05) is 24.9 Å². The van der Waals surface area contributed by atoms with Crippen LogP contribution in [0.15, 0.2) is 51.8 Å². The predicted octanol–water partition coefficient (Wildman–Crippen LogP) is 2.96. The number of furan rings is 1. The van der Waals surface area contributed by atoms with Gasteiger partial charge in [0.25, 0.3) is 5.91 Å². The summed E-state index contributed by atoms with van der Waals surface area (Å²) in [6, 6.07) is 9.51. The molecule has 1 amide bonds. The molecule has 3 rings (SSSR count). The quantitative estimate of drug-likeness (QED) is 0.533. The number of anilines is 1. The number of hydrogen-bond acceptors (Lipinski definition) is 6. The van der Waals surface area contributed by atoms with Gasteiger partial charge in [-0.15, -0.1) is 0 Å². The van der Waals surface area contributed by atoms with Crippen LogP contribution >= 0.6 is 0 Å². The fourth-order valence-electron chi connectivity index (χ4n) is 3.06. The zero-order chi connectivity index (χ0) is 21.6. The Morgan fingerprint density at radius 3 is 2.63 bits per heavy atom. The molecular formula is C21H24N2O6S. The van der Waals surface area contributed by atoms with Crippen LogP contribution in [0.3, 0.4) is 0 Å². The average Bonchev–Trinajstić information content (AvgIpc) is 3.17. The summed E-state index contributed by atoms with van der Waals surface area (Å²) in [5.41, 5.74) is 0.315. The van der Waals surface area contributed by atoms with Crippen molar-refractivity contribution in [2.75, 3.05) is 25.0 Å². The SMILES string of the molecule is Cc1ccc(C=CC(=O)OCC(=O)Nc2cccc(S(=O)(=O)N3CCCCC3)c2)o1. The first-order valence-corrected chi connectivity index (χ1v) is 11.1. The molecule has 1 aromatic heterocycles. The summed E-state index contributed by atoms with van der Waals surface area (Å²) < 4.78 is 37.2. The number of rotatable bonds is 7. The third-order valence-electron chi connectivity index (χ3n) is 4.56. The molecule has 0 saturated carbocycles. The molecule has 0 unspecified atom stereocenters. The number of nitrogens with zero attached hydrogens (tertiary/aromatic N) is 1. The maximum absolute atomic E-state index is 12.8. The molecular weight excluding hydrogens is 408 g/mol. The number of aryl methyl sites for hydroxylation is 1. The van der Waals surface area contributed by atoms with Crippen LogP contribution in [0.4, 0.5) is 5.69 Å². The predicted molar refractivity (Wildman–Crippen MR) is 111 cm³/mol. The molecule has 9 heteroatoms. The molecule has 1 aromatic carbocycles. The highest BCUT2D eigenvalue weighted by atomic mass is 32.2. The van der Waals surface area contributed by atoms with Crippen molar-refractivity contribution in [1.29, 1.82) is 0 Å². The molecule has 1 saturated heterocycles. The Morgan fingerprint density at radius 1 is 1.17 bits per heavy atom. The van der Waals surface area contributed by atoms with Crippen LogP contribution in [0.2, 0.25) is 0 Å². The van der Waals surface area contributed by atoms with E-state index in [1.165, 1.54) is 22.5 Å². The van der Waals surface area contributed by atoms with E-state index in [2.05, 4.69) is 5.32 Å². The van der Waals surface area contributed by atoms with E-state index in [4.69, 9.17) is 9.15 Å². The summed E-state index contributed by atoms with van der Waals surface area (Å²) in [5, 5.41) is 2.55. The topological polar surface area (TPSA) is 106 Å². The third-order valence-corrected chi connectivity index (χ3v) is 6.46. The van der Waals surface area contributed by atoms with Crippen molar-refractivity contribution < 1.29 is 27.2 Å². The standard InChI is InChI=1S/C21H24N2O6S/c1-16-8-9-18(29-16)10-11-21(25)28-15-20(24)22-17-6-5-7-19(14-17)30(26,27)23-12-3-2-4-13-23/h5-11,14H,2-4,12-13,15H2,1H3,(H,22,24). The second-order valence-corrected chi connectivity index (χ2v) is 8.87. The molecule has 2 aromatic rings. The van der Waals surface area contributed by atoms with Crippen molar-refractivity contribution in [1.82, 2.24) is 4.31 Å². The normalized spacial score (nSPS) is 15.2. The Labute approximate surface area is 175 Å². The number of carbonyl (C=O) groups excluding carboxylic acids is 2. The summed E-state index contributed by atoms with van der Waals surface area (Å²) in [7, 11) is -3.60.